The van der Waals surface area contributed by atoms with Gasteiger partial charge in [-0.05, 0) is 27.2 Å². The van der Waals surface area contributed by atoms with Crippen LogP contribution in [-0.4, -0.2) is 22.1 Å². The molecule has 1 rings (SSSR count). The number of hydrogen-bond donors (Lipinski definition) is 3. The summed E-state index contributed by atoms with van der Waals surface area (Å²) in [7, 11) is 0. The van der Waals surface area contributed by atoms with E-state index in [9.17, 15) is 4.79 Å². The summed E-state index contributed by atoms with van der Waals surface area (Å²) in [5.41, 5.74) is 7.16. The van der Waals surface area contributed by atoms with Gasteiger partial charge in [0.05, 0.1) is 17.7 Å². The van der Waals surface area contributed by atoms with Crippen molar-refractivity contribution >= 4 is 11.7 Å². The Morgan fingerprint density at radius 3 is 2.65 bits per heavy atom. The van der Waals surface area contributed by atoms with Crippen LogP contribution in [0, 0.1) is 19.8 Å². The van der Waals surface area contributed by atoms with Gasteiger partial charge in [0, 0.05) is 5.56 Å². The van der Waals surface area contributed by atoms with Gasteiger partial charge in [-0.2, -0.15) is 0 Å². The van der Waals surface area contributed by atoms with E-state index in [1.165, 1.54) is 0 Å². The molecule has 0 radical (unpaired) electrons. The smallest absolute Gasteiger partial charge is 0.231 e. The maximum atomic E-state index is 12.2. The van der Waals surface area contributed by atoms with E-state index in [2.05, 4.69) is 15.6 Å². The molecule has 1 amide bonds. The number of nitrogens with two attached hydrogens (primary N) is 1. The van der Waals surface area contributed by atoms with Crippen LogP contribution < -0.4 is 11.1 Å². The summed E-state index contributed by atoms with van der Waals surface area (Å²) in [6.45, 7) is 7.40. The molecule has 0 fully saturated rings. The first kappa shape index (κ1) is 16.0. The number of carbonyl (C=O) groups is 1. The second-order valence-electron chi connectivity index (χ2n) is 4.83. The van der Waals surface area contributed by atoms with Crippen molar-refractivity contribution in [2.45, 2.75) is 46.6 Å². The molecule has 7 nitrogen and oxygen atoms in total. The number of hydrogen-bond acceptors (Lipinski definition) is 5. The molecule has 1 heterocycles. The molecule has 1 aromatic rings. The fraction of sp³-hybridized carbons (Fsp3) is 0.615. The highest BCUT2D eigenvalue weighted by molar-refractivity contribution is 6.02. The number of amides is 1. The fourth-order valence-corrected chi connectivity index (χ4v) is 2.27. The lowest BCUT2D eigenvalue weighted by Gasteiger charge is -2.19. The average Bonchev–Trinajstić information content (AvgIpc) is 2.74. The molecule has 0 saturated carbocycles. The Morgan fingerprint density at radius 1 is 1.55 bits per heavy atom. The van der Waals surface area contributed by atoms with Crippen molar-refractivity contribution in [2.75, 3.05) is 0 Å². The minimum absolute atomic E-state index is 0.0738. The van der Waals surface area contributed by atoms with Gasteiger partial charge in [0.2, 0.25) is 5.91 Å². The van der Waals surface area contributed by atoms with Crippen molar-refractivity contribution in [3.63, 3.8) is 0 Å². The molecule has 0 aliphatic carbocycles. The lowest BCUT2D eigenvalue weighted by Crippen LogP contribution is -2.40. The minimum atomic E-state index is -0.632. The van der Waals surface area contributed by atoms with E-state index in [0.717, 1.165) is 17.7 Å². The summed E-state index contributed by atoms with van der Waals surface area (Å²) in [5, 5.41) is 18.4. The van der Waals surface area contributed by atoms with Crippen LogP contribution in [0.25, 0.3) is 0 Å². The highest BCUT2D eigenvalue weighted by Crippen LogP contribution is 2.21. The molecule has 4 N–H and O–H groups in total. The summed E-state index contributed by atoms with van der Waals surface area (Å²) >= 11 is 0. The molecule has 0 aliphatic rings. The Kier molecular flexibility index (Phi) is 5.54. The van der Waals surface area contributed by atoms with Crippen LogP contribution in [0.3, 0.4) is 0 Å². The van der Waals surface area contributed by atoms with Crippen molar-refractivity contribution in [3.8, 4) is 0 Å². The number of rotatable bonds is 6. The zero-order valence-electron chi connectivity index (χ0n) is 12.3. The van der Waals surface area contributed by atoms with Crippen LogP contribution in [0.2, 0.25) is 0 Å². The summed E-state index contributed by atoms with van der Waals surface area (Å²) in [6, 6.07) is -0.250. The number of carbonyl (C=O) groups excluding carboxylic acids is 1. The number of nitrogens with zero attached hydrogens (tertiary/aromatic N) is 2. The monoisotopic (exact) mass is 282 g/mol. The van der Waals surface area contributed by atoms with Gasteiger partial charge in [-0.25, -0.2) is 0 Å². The van der Waals surface area contributed by atoms with Gasteiger partial charge in [-0.15, -0.1) is 0 Å². The first-order chi connectivity index (χ1) is 9.42. The Labute approximate surface area is 118 Å². The second kappa shape index (κ2) is 6.93. The van der Waals surface area contributed by atoms with Gasteiger partial charge in [0.25, 0.3) is 0 Å². The first-order valence-corrected chi connectivity index (χ1v) is 6.62. The van der Waals surface area contributed by atoms with Crippen molar-refractivity contribution in [1.29, 1.82) is 0 Å². The molecule has 1 aromatic heterocycles. The topological polar surface area (TPSA) is 114 Å². The van der Waals surface area contributed by atoms with E-state index in [4.69, 9.17) is 15.5 Å². The summed E-state index contributed by atoms with van der Waals surface area (Å²) < 4.78 is 5.08. The predicted molar refractivity (Wildman–Crippen MR) is 74.3 cm³/mol. The van der Waals surface area contributed by atoms with Crippen LogP contribution >= 0.6 is 0 Å². The SMILES string of the molecule is CCCC(C(=O)NC(C)c1c(C)noc1C)C(N)=NO. The summed E-state index contributed by atoms with van der Waals surface area (Å²) in [6.07, 6.45) is 1.28. The zero-order valence-corrected chi connectivity index (χ0v) is 12.3. The number of nitrogens with one attached hydrogen (secondary N) is 1. The van der Waals surface area contributed by atoms with E-state index in [1.807, 2.05) is 20.8 Å². The zero-order chi connectivity index (χ0) is 15.3. The van der Waals surface area contributed by atoms with E-state index in [0.29, 0.717) is 12.2 Å². The van der Waals surface area contributed by atoms with E-state index in [-0.39, 0.29) is 17.8 Å². The van der Waals surface area contributed by atoms with Gasteiger partial charge in [0.1, 0.15) is 5.76 Å². The van der Waals surface area contributed by atoms with Gasteiger partial charge in [-0.1, -0.05) is 23.7 Å². The maximum absolute atomic E-state index is 12.2. The first-order valence-electron chi connectivity index (χ1n) is 6.62. The average molecular weight is 282 g/mol. The number of aromatic nitrogens is 1. The summed E-state index contributed by atoms with van der Waals surface area (Å²) in [5.74, 6) is -0.302. The van der Waals surface area contributed by atoms with Crippen LogP contribution in [0.15, 0.2) is 9.68 Å². The standard InChI is InChI=1S/C13H22N4O3/c1-5-6-10(12(14)16-19)13(18)15-7(2)11-8(3)17-20-9(11)4/h7,10,19H,5-6H2,1-4H3,(H2,14,16)(H,15,18). The highest BCUT2D eigenvalue weighted by atomic mass is 16.5. The Morgan fingerprint density at radius 2 is 2.20 bits per heavy atom. The number of amidine groups is 1. The van der Waals surface area contributed by atoms with Gasteiger partial charge >= 0.3 is 0 Å². The molecule has 0 aromatic carbocycles. The minimum Gasteiger partial charge on any atom is -0.409 e. The number of oxime groups is 1. The van der Waals surface area contributed by atoms with Gasteiger partial charge in [0.15, 0.2) is 5.84 Å². The van der Waals surface area contributed by atoms with Crippen molar-refractivity contribution in [1.82, 2.24) is 10.5 Å². The quantitative estimate of drug-likeness (QED) is 0.317. The van der Waals surface area contributed by atoms with Crippen molar-refractivity contribution in [3.05, 3.63) is 17.0 Å². The number of aryl methyl sites for hydroxylation is 2. The Bertz CT molecular complexity index is 476. The second-order valence-corrected chi connectivity index (χ2v) is 4.83. The van der Waals surface area contributed by atoms with E-state index < -0.39 is 5.92 Å². The molecule has 0 aliphatic heterocycles. The molecule has 2 atom stereocenters. The predicted octanol–water partition coefficient (Wildman–Crippen LogP) is 1.63. The molecule has 0 saturated heterocycles. The molecule has 20 heavy (non-hydrogen) atoms. The molecule has 112 valence electrons. The molecule has 0 spiro atoms. The third-order valence-corrected chi connectivity index (χ3v) is 3.25. The van der Waals surface area contributed by atoms with E-state index >= 15 is 0 Å². The van der Waals surface area contributed by atoms with Crippen molar-refractivity contribution < 1.29 is 14.5 Å². The molecular weight excluding hydrogens is 260 g/mol. The van der Waals surface area contributed by atoms with Gasteiger partial charge in [-0.3, -0.25) is 4.79 Å². The van der Waals surface area contributed by atoms with Crippen LogP contribution in [0.4, 0.5) is 0 Å². The molecular formula is C13H22N4O3. The third-order valence-electron chi connectivity index (χ3n) is 3.25. The molecule has 0 bridgehead atoms. The molecule has 7 heteroatoms. The third kappa shape index (κ3) is 3.49. The lowest BCUT2D eigenvalue weighted by molar-refractivity contribution is -0.123. The normalized spacial score (nSPS) is 14.9. The molecule has 2 unspecified atom stereocenters. The fourth-order valence-electron chi connectivity index (χ4n) is 2.27. The highest BCUT2D eigenvalue weighted by Gasteiger charge is 2.25. The Hall–Kier alpha value is -2.05. The van der Waals surface area contributed by atoms with Crippen LogP contribution in [0.5, 0.6) is 0 Å². The Balaban J connectivity index is 2.83. The lowest BCUT2D eigenvalue weighted by atomic mass is 10.00. The van der Waals surface area contributed by atoms with Crippen LogP contribution in [-0.2, 0) is 4.79 Å². The van der Waals surface area contributed by atoms with Crippen LogP contribution in [0.1, 0.15) is 49.7 Å². The largest absolute Gasteiger partial charge is 0.409 e. The van der Waals surface area contributed by atoms with Gasteiger partial charge < -0.3 is 20.8 Å². The van der Waals surface area contributed by atoms with Crippen molar-refractivity contribution in [2.24, 2.45) is 16.8 Å². The van der Waals surface area contributed by atoms with E-state index in [1.54, 1.807) is 6.92 Å². The maximum Gasteiger partial charge on any atom is 0.231 e. The summed E-state index contributed by atoms with van der Waals surface area (Å²) in [4.78, 5) is 12.2.